The quantitative estimate of drug-likeness (QED) is 0.736. The minimum Gasteiger partial charge on any atom is -0.288 e. The topological polar surface area (TPSA) is 84.1 Å². The molecule has 0 fully saturated rings. The number of imidazole rings is 1. The molecule has 8 nitrogen and oxygen atoms in total. The summed E-state index contributed by atoms with van der Waals surface area (Å²) in [6.07, 6.45) is 0. The second-order valence-electron chi connectivity index (χ2n) is 5.27. The summed E-state index contributed by atoms with van der Waals surface area (Å²) in [5.41, 5.74) is 2.00. The van der Waals surface area contributed by atoms with Gasteiger partial charge in [0.05, 0.1) is 17.9 Å². The van der Waals surface area contributed by atoms with Crippen LogP contribution in [0.15, 0.2) is 4.79 Å². The van der Waals surface area contributed by atoms with Gasteiger partial charge in [-0.05, 0) is 13.8 Å². The van der Waals surface area contributed by atoms with Gasteiger partial charge < -0.3 is 0 Å². The first-order valence-electron chi connectivity index (χ1n) is 6.80. The van der Waals surface area contributed by atoms with E-state index in [1.165, 1.54) is 0 Å². The van der Waals surface area contributed by atoms with E-state index < -0.39 is 0 Å². The Morgan fingerprint density at radius 1 is 1.33 bits per heavy atom. The standard InChI is InChI=1S/C12H15N7OS/c1-7-9(19-12(13-7)21-8(2)16-19)5-17-3-4-18-10(6-17)14-15-11(18)20/h3-6H2,1-2H3,(H,15,20). The Balaban J connectivity index is 1.63. The first kappa shape index (κ1) is 12.7. The van der Waals surface area contributed by atoms with Crippen molar-refractivity contribution in [3.8, 4) is 0 Å². The van der Waals surface area contributed by atoms with Gasteiger partial charge in [0.1, 0.15) is 10.8 Å². The second kappa shape index (κ2) is 4.50. The second-order valence-corrected chi connectivity index (χ2v) is 6.43. The molecule has 0 atom stereocenters. The summed E-state index contributed by atoms with van der Waals surface area (Å²) in [4.78, 5) is 19.3. The molecule has 4 rings (SSSR count). The smallest absolute Gasteiger partial charge is 0.288 e. The normalized spacial score (nSPS) is 15.7. The zero-order valence-corrected chi connectivity index (χ0v) is 12.6. The van der Waals surface area contributed by atoms with Gasteiger partial charge in [-0.2, -0.15) is 10.2 Å². The van der Waals surface area contributed by atoms with Crippen LogP contribution in [0, 0.1) is 13.8 Å². The molecule has 1 N–H and O–H groups in total. The molecule has 110 valence electrons. The highest BCUT2D eigenvalue weighted by atomic mass is 32.1. The van der Waals surface area contributed by atoms with Crippen LogP contribution in [0.4, 0.5) is 0 Å². The molecule has 0 aromatic carbocycles. The molecule has 0 saturated carbocycles. The van der Waals surface area contributed by atoms with E-state index >= 15 is 0 Å². The summed E-state index contributed by atoms with van der Waals surface area (Å²) in [5, 5.41) is 12.1. The van der Waals surface area contributed by atoms with E-state index in [4.69, 9.17) is 0 Å². The van der Waals surface area contributed by atoms with E-state index in [1.807, 2.05) is 18.4 Å². The Hall–Kier alpha value is -2.00. The Morgan fingerprint density at radius 3 is 3.05 bits per heavy atom. The zero-order chi connectivity index (χ0) is 14.6. The number of aryl methyl sites for hydroxylation is 2. The van der Waals surface area contributed by atoms with Crippen LogP contribution in [0.1, 0.15) is 22.2 Å². The van der Waals surface area contributed by atoms with Gasteiger partial charge in [0, 0.05) is 19.6 Å². The Morgan fingerprint density at radius 2 is 2.19 bits per heavy atom. The molecule has 1 aliphatic rings. The van der Waals surface area contributed by atoms with Gasteiger partial charge in [0.2, 0.25) is 4.96 Å². The van der Waals surface area contributed by atoms with Crippen LogP contribution in [-0.4, -0.2) is 40.8 Å². The molecule has 1 aliphatic heterocycles. The maximum Gasteiger partial charge on any atom is 0.343 e. The molecule has 0 bridgehead atoms. The molecule has 0 radical (unpaired) electrons. The number of nitrogens with zero attached hydrogens (tertiary/aromatic N) is 6. The monoisotopic (exact) mass is 305 g/mol. The first-order valence-corrected chi connectivity index (χ1v) is 7.61. The third kappa shape index (κ3) is 2.00. The first-order chi connectivity index (χ1) is 10.1. The van der Waals surface area contributed by atoms with Gasteiger partial charge in [-0.25, -0.2) is 19.4 Å². The summed E-state index contributed by atoms with van der Waals surface area (Å²) in [5.74, 6) is 0.791. The van der Waals surface area contributed by atoms with E-state index in [-0.39, 0.29) is 5.69 Å². The van der Waals surface area contributed by atoms with Crippen LogP contribution in [0.5, 0.6) is 0 Å². The van der Waals surface area contributed by atoms with Crippen molar-refractivity contribution < 1.29 is 0 Å². The highest BCUT2D eigenvalue weighted by Gasteiger charge is 2.22. The van der Waals surface area contributed by atoms with Crippen molar-refractivity contribution in [2.45, 2.75) is 33.5 Å². The predicted octanol–water partition coefficient (Wildman–Crippen LogP) is 0.308. The van der Waals surface area contributed by atoms with Crippen LogP contribution < -0.4 is 5.69 Å². The average Bonchev–Trinajstić information content (AvgIpc) is 3.06. The number of rotatable bonds is 2. The third-order valence-corrected chi connectivity index (χ3v) is 4.64. The van der Waals surface area contributed by atoms with Gasteiger partial charge >= 0.3 is 5.69 Å². The fourth-order valence-electron chi connectivity index (χ4n) is 2.74. The fourth-order valence-corrected chi connectivity index (χ4v) is 3.54. The molecule has 9 heteroatoms. The lowest BCUT2D eigenvalue weighted by Crippen LogP contribution is -2.37. The number of hydrogen-bond donors (Lipinski definition) is 1. The molecule has 4 heterocycles. The Labute approximate surface area is 124 Å². The van der Waals surface area contributed by atoms with Crippen LogP contribution in [-0.2, 0) is 19.6 Å². The van der Waals surface area contributed by atoms with E-state index in [2.05, 4.69) is 25.2 Å². The molecule has 0 spiro atoms. The molecule has 0 unspecified atom stereocenters. The van der Waals surface area contributed by atoms with Crippen LogP contribution in [0.3, 0.4) is 0 Å². The van der Waals surface area contributed by atoms with E-state index in [9.17, 15) is 4.79 Å². The van der Waals surface area contributed by atoms with E-state index in [0.717, 1.165) is 40.3 Å². The number of H-pyrrole nitrogens is 1. The molecule has 3 aromatic rings. The molecule has 0 amide bonds. The highest BCUT2D eigenvalue weighted by molar-refractivity contribution is 7.16. The van der Waals surface area contributed by atoms with Crippen molar-refractivity contribution in [1.29, 1.82) is 0 Å². The van der Waals surface area contributed by atoms with Crippen LogP contribution >= 0.6 is 11.3 Å². The van der Waals surface area contributed by atoms with Crippen molar-refractivity contribution in [3.63, 3.8) is 0 Å². The van der Waals surface area contributed by atoms with Gasteiger partial charge in [-0.1, -0.05) is 11.3 Å². The molecule has 21 heavy (non-hydrogen) atoms. The SMILES string of the molecule is Cc1nn2c(CN3CCn4c(n[nH]c4=O)C3)c(C)nc2s1. The number of fused-ring (bicyclic) bond motifs is 2. The van der Waals surface area contributed by atoms with Crippen molar-refractivity contribution in [3.05, 3.63) is 32.7 Å². The Bertz CT molecular complexity index is 870. The summed E-state index contributed by atoms with van der Waals surface area (Å²) in [6, 6.07) is 0. The predicted molar refractivity (Wildman–Crippen MR) is 77.3 cm³/mol. The van der Waals surface area contributed by atoms with Crippen molar-refractivity contribution in [2.24, 2.45) is 0 Å². The van der Waals surface area contributed by atoms with E-state index in [1.54, 1.807) is 15.9 Å². The number of aromatic nitrogens is 6. The summed E-state index contributed by atoms with van der Waals surface area (Å²) >= 11 is 1.60. The summed E-state index contributed by atoms with van der Waals surface area (Å²) < 4.78 is 3.63. The van der Waals surface area contributed by atoms with Gasteiger partial charge in [-0.3, -0.25) is 9.47 Å². The fraction of sp³-hybridized carbons (Fsp3) is 0.500. The Kier molecular flexibility index (Phi) is 2.73. The lowest BCUT2D eigenvalue weighted by molar-refractivity contribution is 0.203. The summed E-state index contributed by atoms with van der Waals surface area (Å²) in [7, 11) is 0. The minimum absolute atomic E-state index is 0.123. The highest BCUT2D eigenvalue weighted by Crippen LogP contribution is 2.20. The number of nitrogens with one attached hydrogen (secondary N) is 1. The van der Waals surface area contributed by atoms with Crippen LogP contribution in [0.25, 0.3) is 4.96 Å². The molecular weight excluding hydrogens is 290 g/mol. The number of hydrogen-bond acceptors (Lipinski definition) is 6. The van der Waals surface area contributed by atoms with Gasteiger partial charge in [0.25, 0.3) is 0 Å². The number of aromatic amines is 1. The van der Waals surface area contributed by atoms with Gasteiger partial charge in [0.15, 0.2) is 0 Å². The zero-order valence-electron chi connectivity index (χ0n) is 11.8. The molecule has 0 saturated heterocycles. The maximum atomic E-state index is 11.5. The van der Waals surface area contributed by atoms with Crippen LogP contribution in [0.2, 0.25) is 0 Å². The maximum absolute atomic E-state index is 11.5. The lowest BCUT2D eigenvalue weighted by atomic mass is 10.3. The lowest BCUT2D eigenvalue weighted by Gasteiger charge is -2.26. The average molecular weight is 305 g/mol. The molecular formula is C12H15N7OS. The van der Waals surface area contributed by atoms with Crippen molar-refractivity contribution >= 4 is 16.3 Å². The molecule has 3 aromatic heterocycles. The molecule has 0 aliphatic carbocycles. The largest absolute Gasteiger partial charge is 0.343 e. The van der Waals surface area contributed by atoms with Gasteiger partial charge in [-0.15, -0.1) is 0 Å². The minimum atomic E-state index is -0.123. The van der Waals surface area contributed by atoms with Crippen molar-refractivity contribution in [1.82, 2.24) is 34.3 Å². The summed E-state index contributed by atoms with van der Waals surface area (Å²) in [6.45, 7) is 6.91. The van der Waals surface area contributed by atoms with E-state index in [0.29, 0.717) is 13.1 Å². The third-order valence-electron chi connectivity index (χ3n) is 3.81. The van der Waals surface area contributed by atoms with Crippen molar-refractivity contribution in [2.75, 3.05) is 6.54 Å².